The Labute approximate surface area is 132 Å². The third kappa shape index (κ3) is 1.46. The number of ether oxygens (including phenoxy) is 1. The van der Waals surface area contributed by atoms with E-state index in [1.807, 2.05) is 0 Å². The summed E-state index contributed by atoms with van der Waals surface area (Å²) in [4.78, 5) is 19.2. The summed E-state index contributed by atoms with van der Waals surface area (Å²) in [7, 11) is 0. The molecule has 1 fully saturated rings. The van der Waals surface area contributed by atoms with Crippen molar-refractivity contribution in [2.24, 2.45) is 0 Å². The number of rotatable bonds is 0. The average molecular weight is 371 g/mol. The van der Waals surface area contributed by atoms with Crippen molar-refractivity contribution in [1.29, 1.82) is 0 Å². The van der Waals surface area contributed by atoms with Crippen LogP contribution in [0.1, 0.15) is 0 Å². The minimum Gasteiger partial charge on any atom is -0.390 e. The minimum atomic E-state index is -2.16. The largest absolute Gasteiger partial charge is 0.390 e. The second-order valence-corrected chi connectivity index (χ2v) is 6.16. The number of hydrogen-bond acceptors (Lipinski definition) is 3. The normalized spacial score (nSPS) is 42.3. The Morgan fingerprint density at radius 1 is 1.11 bits per heavy atom. The second kappa shape index (κ2) is 4.44. The molecular formula is C9H2Cl6O3. The Balaban J connectivity index is 2.85. The first-order chi connectivity index (χ1) is 8.22. The summed E-state index contributed by atoms with van der Waals surface area (Å²) in [5.74, 6) is -2.21. The summed E-state index contributed by atoms with van der Waals surface area (Å²) < 4.78 is 4.44. The number of carbonyl (C=O) groups is 2. The van der Waals surface area contributed by atoms with Crippen molar-refractivity contribution in [3.63, 3.8) is 0 Å². The van der Waals surface area contributed by atoms with E-state index in [1.165, 1.54) is 0 Å². The Bertz CT molecular complexity index is 526. The molecule has 18 heavy (non-hydrogen) atoms. The van der Waals surface area contributed by atoms with Gasteiger partial charge in [-0.1, -0.05) is 58.0 Å². The maximum absolute atomic E-state index is 11.8. The number of allylic oxidation sites excluding steroid dienone is 1. The molecule has 9 heteroatoms. The molecule has 1 heterocycles. The topological polar surface area (TPSA) is 43.4 Å². The van der Waals surface area contributed by atoms with Crippen LogP contribution >= 0.6 is 69.6 Å². The highest BCUT2D eigenvalue weighted by atomic mass is 35.5. The number of carbonyl (C=O) groups excluding carboxylic acids is 2. The van der Waals surface area contributed by atoms with Crippen LogP contribution in [0.4, 0.5) is 0 Å². The average Bonchev–Trinajstić information content (AvgIpc) is 2.50. The molecule has 1 aliphatic carbocycles. The van der Waals surface area contributed by atoms with E-state index < -0.39 is 27.1 Å². The molecule has 1 saturated heterocycles. The molecule has 2 rings (SSSR count). The third-order valence-electron chi connectivity index (χ3n) is 2.75. The van der Waals surface area contributed by atoms with Crippen LogP contribution in [-0.2, 0) is 14.3 Å². The standard InChI is InChI=1S/C9H2Cl6O3/c10-1-2-3(11)4(12)5(13)9(15)7(17)18-6(16)8(2,9)14/h1,3H. The van der Waals surface area contributed by atoms with Crippen molar-refractivity contribution in [1.82, 2.24) is 0 Å². The molecule has 98 valence electrons. The Morgan fingerprint density at radius 3 is 2.11 bits per heavy atom. The van der Waals surface area contributed by atoms with Gasteiger partial charge in [0, 0.05) is 5.54 Å². The maximum Gasteiger partial charge on any atom is 0.343 e. The summed E-state index contributed by atoms with van der Waals surface area (Å²) in [6, 6.07) is 0. The number of halogens is 6. The molecule has 0 bridgehead atoms. The third-order valence-corrected chi connectivity index (χ3v) is 6.01. The predicted molar refractivity (Wildman–Crippen MR) is 70.6 cm³/mol. The van der Waals surface area contributed by atoms with Gasteiger partial charge in [-0.3, -0.25) is 0 Å². The monoisotopic (exact) mass is 368 g/mol. The summed E-state index contributed by atoms with van der Waals surface area (Å²) in [6.07, 6.45) is 0. The summed E-state index contributed by atoms with van der Waals surface area (Å²) in [6.45, 7) is 0. The van der Waals surface area contributed by atoms with Crippen molar-refractivity contribution in [2.75, 3.05) is 0 Å². The lowest BCUT2D eigenvalue weighted by molar-refractivity contribution is -0.152. The van der Waals surface area contributed by atoms with E-state index in [0.29, 0.717) is 0 Å². The fourth-order valence-electron chi connectivity index (χ4n) is 1.78. The van der Waals surface area contributed by atoms with Gasteiger partial charge >= 0.3 is 11.9 Å². The molecule has 3 unspecified atom stereocenters. The molecule has 0 spiro atoms. The number of fused-ring (bicyclic) bond motifs is 1. The Morgan fingerprint density at radius 2 is 1.61 bits per heavy atom. The zero-order valence-electron chi connectivity index (χ0n) is 8.15. The minimum absolute atomic E-state index is 0.0623. The van der Waals surface area contributed by atoms with Gasteiger partial charge in [-0.2, -0.15) is 0 Å². The van der Waals surface area contributed by atoms with E-state index in [0.717, 1.165) is 5.54 Å². The predicted octanol–water partition coefficient (Wildman–Crippen LogP) is 3.46. The van der Waals surface area contributed by atoms with Gasteiger partial charge in [0.2, 0.25) is 9.75 Å². The quantitative estimate of drug-likeness (QED) is 0.372. The van der Waals surface area contributed by atoms with Gasteiger partial charge in [-0.25, -0.2) is 9.59 Å². The Kier molecular flexibility index (Phi) is 3.64. The fraction of sp³-hybridized carbons (Fsp3) is 0.333. The van der Waals surface area contributed by atoms with Gasteiger partial charge < -0.3 is 4.74 Å². The maximum atomic E-state index is 11.8. The molecule has 0 amide bonds. The van der Waals surface area contributed by atoms with E-state index in [4.69, 9.17) is 69.6 Å². The van der Waals surface area contributed by atoms with Crippen molar-refractivity contribution >= 4 is 81.5 Å². The van der Waals surface area contributed by atoms with Gasteiger partial charge in [0.15, 0.2) is 0 Å². The highest BCUT2D eigenvalue weighted by Gasteiger charge is 2.74. The van der Waals surface area contributed by atoms with Crippen molar-refractivity contribution in [3.8, 4) is 0 Å². The van der Waals surface area contributed by atoms with Crippen molar-refractivity contribution < 1.29 is 14.3 Å². The molecule has 0 N–H and O–H groups in total. The van der Waals surface area contributed by atoms with Crippen molar-refractivity contribution in [3.05, 3.63) is 21.2 Å². The van der Waals surface area contributed by atoms with Gasteiger partial charge in [-0.15, -0.1) is 11.6 Å². The zero-order chi connectivity index (χ0) is 13.9. The summed E-state index contributed by atoms with van der Waals surface area (Å²) in [5.41, 5.74) is 0.876. The molecule has 0 aromatic heterocycles. The van der Waals surface area contributed by atoms with Gasteiger partial charge in [0.1, 0.15) is 0 Å². The smallest absolute Gasteiger partial charge is 0.343 e. The molecular weight excluding hydrogens is 369 g/mol. The van der Waals surface area contributed by atoms with Crippen LogP contribution in [0, 0.1) is 0 Å². The van der Waals surface area contributed by atoms with Crippen LogP contribution in [0.2, 0.25) is 0 Å². The first kappa shape index (κ1) is 14.8. The number of esters is 2. The molecule has 3 nitrogen and oxygen atoms in total. The van der Waals surface area contributed by atoms with Crippen LogP contribution in [0.15, 0.2) is 21.2 Å². The van der Waals surface area contributed by atoms with E-state index in [-0.39, 0.29) is 15.6 Å². The molecule has 2 aliphatic rings. The highest BCUT2D eigenvalue weighted by Crippen LogP contribution is 2.59. The lowest BCUT2D eigenvalue weighted by atomic mass is 9.80. The van der Waals surface area contributed by atoms with Crippen LogP contribution in [0.3, 0.4) is 0 Å². The van der Waals surface area contributed by atoms with Crippen LogP contribution in [0.25, 0.3) is 0 Å². The highest BCUT2D eigenvalue weighted by molar-refractivity contribution is 6.61. The first-order valence-electron chi connectivity index (χ1n) is 4.37. The molecule has 0 radical (unpaired) electrons. The first-order valence-corrected chi connectivity index (χ1v) is 6.76. The number of alkyl halides is 3. The van der Waals surface area contributed by atoms with Crippen LogP contribution in [-0.4, -0.2) is 27.1 Å². The summed E-state index contributed by atoms with van der Waals surface area (Å²) >= 11 is 35.6. The SMILES string of the molecule is O=C1OC(=O)C2(Cl)C(Cl)=C(Cl)C(Cl)C(=CCl)C12Cl. The molecule has 1 aliphatic heterocycles. The fourth-order valence-corrected chi connectivity index (χ4v) is 4.02. The van der Waals surface area contributed by atoms with E-state index in [9.17, 15) is 9.59 Å². The number of cyclic esters (lactones) is 2. The lowest BCUT2D eigenvalue weighted by Gasteiger charge is -2.38. The molecule has 0 aromatic rings. The molecule has 0 saturated carbocycles. The van der Waals surface area contributed by atoms with E-state index in [1.54, 1.807) is 0 Å². The number of hydrogen-bond donors (Lipinski definition) is 0. The Hall–Kier alpha value is 0.360. The summed E-state index contributed by atoms with van der Waals surface area (Å²) in [5, 5.41) is -1.55. The molecule has 3 atom stereocenters. The van der Waals surface area contributed by atoms with Gasteiger partial charge in [0.25, 0.3) is 0 Å². The van der Waals surface area contributed by atoms with E-state index >= 15 is 0 Å². The second-order valence-electron chi connectivity index (χ2n) is 3.58. The van der Waals surface area contributed by atoms with Gasteiger partial charge in [0.05, 0.1) is 15.4 Å². The lowest BCUT2D eigenvalue weighted by Crippen LogP contribution is -2.55. The van der Waals surface area contributed by atoms with Gasteiger partial charge in [-0.05, 0) is 5.57 Å². The van der Waals surface area contributed by atoms with E-state index in [2.05, 4.69) is 4.74 Å². The molecule has 0 aromatic carbocycles. The van der Waals surface area contributed by atoms with Crippen LogP contribution in [0.5, 0.6) is 0 Å². The zero-order valence-corrected chi connectivity index (χ0v) is 12.7. The van der Waals surface area contributed by atoms with Crippen LogP contribution < -0.4 is 0 Å². The van der Waals surface area contributed by atoms with Crippen molar-refractivity contribution in [2.45, 2.75) is 15.1 Å².